The van der Waals surface area contributed by atoms with E-state index >= 15 is 0 Å². The summed E-state index contributed by atoms with van der Waals surface area (Å²) in [5.74, 6) is 1.75. The van der Waals surface area contributed by atoms with Gasteiger partial charge in [0.15, 0.2) is 5.82 Å². The monoisotopic (exact) mass is 376 g/mol. The molecular weight excluding hydrogens is 352 g/mol. The van der Waals surface area contributed by atoms with E-state index in [1.165, 1.54) is 0 Å². The van der Waals surface area contributed by atoms with Crippen LogP contribution in [0.4, 0.5) is 0 Å². The van der Waals surface area contributed by atoms with Crippen LogP contribution in [0, 0.1) is 13.8 Å². The first kappa shape index (κ1) is 18.3. The molecule has 0 unspecified atom stereocenters. The highest BCUT2D eigenvalue weighted by Crippen LogP contribution is 2.27. The summed E-state index contributed by atoms with van der Waals surface area (Å²) in [6.45, 7) is 5.26. The number of hydrogen-bond acceptors (Lipinski definition) is 5. The van der Waals surface area contributed by atoms with Crippen molar-refractivity contribution in [1.29, 1.82) is 0 Å². The van der Waals surface area contributed by atoms with Crippen molar-refractivity contribution in [3.63, 3.8) is 0 Å². The second-order valence-electron chi connectivity index (χ2n) is 7.39. The molecule has 1 fully saturated rings. The third-order valence-corrected chi connectivity index (χ3v) is 5.15. The molecule has 1 saturated heterocycles. The van der Waals surface area contributed by atoms with Crippen molar-refractivity contribution >= 4 is 5.91 Å². The normalized spacial score (nSPS) is 17.0. The van der Waals surface area contributed by atoms with Gasteiger partial charge in [-0.1, -0.05) is 0 Å². The molecule has 4 heterocycles. The molecule has 0 radical (unpaired) electrons. The first-order chi connectivity index (χ1) is 13.5. The highest BCUT2D eigenvalue weighted by atomic mass is 16.2. The topological polar surface area (TPSA) is 76.8 Å². The SMILES string of the molecule is Cc1ccc(C(=O)N2CCC[C@H](c3nc(C)cc(-c4nccn4C)n3)C2)cn1. The van der Waals surface area contributed by atoms with Gasteiger partial charge in [0.05, 0.1) is 5.56 Å². The van der Waals surface area contributed by atoms with E-state index in [0.29, 0.717) is 12.1 Å². The smallest absolute Gasteiger partial charge is 0.255 e. The van der Waals surface area contributed by atoms with Crippen LogP contribution in [0.5, 0.6) is 0 Å². The fourth-order valence-corrected chi connectivity index (χ4v) is 3.65. The van der Waals surface area contributed by atoms with Crippen LogP contribution in [0.15, 0.2) is 36.8 Å². The van der Waals surface area contributed by atoms with Gasteiger partial charge in [-0.3, -0.25) is 9.78 Å². The Hall–Kier alpha value is -3.09. The number of hydrogen-bond donors (Lipinski definition) is 0. The molecule has 1 aliphatic heterocycles. The number of rotatable bonds is 3. The molecule has 0 bridgehead atoms. The van der Waals surface area contributed by atoms with Gasteiger partial charge in [0.25, 0.3) is 5.91 Å². The van der Waals surface area contributed by atoms with Gasteiger partial charge in [0.2, 0.25) is 0 Å². The van der Waals surface area contributed by atoms with Crippen molar-refractivity contribution in [2.75, 3.05) is 13.1 Å². The van der Waals surface area contributed by atoms with Gasteiger partial charge >= 0.3 is 0 Å². The Kier molecular flexibility index (Phi) is 4.90. The number of carbonyl (C=O) groups is 1. The number of carbonyl (C=O) groups excluding carboxylic acids is 1. The highest BCUT2D eigenvalue weighted by Gasteiger charge is 2.28. The number of likely N-dealkylation sites (tertiary alicyclic amines) is 1. The minimum absolute atomic E-state index is 0.0224. The molecule has 1 amide bonds. The second kappa shape index (κ2) is 7.50. The molecule has 0 spiro atoms. The Morgan fingerprint density at radius 1 is 1.14 bits per heavy atom. The maximum atomic E-state index is 12.9. The van der Waals surface area contributed by atoms with Crippen LogP contribution in [-0.4, -0.2) is 48.4 Å². The average molecular weight is 376 g/mol. The fraction of sp³-hybridized carbons (Fsp3) is 0.381. The van der Waals surface area contributed by atoms with Crippen LogP contribution in [0.1, 0.15) is 46.3 Å². The van der Waals surface area contributed by atoms with Crippen LogP contribution in [0.3, 0.4) is 0 Å². The number of pyridine rings is 1. The van der Waals surface area contributed by atoms with Gasteiger partial charge in [0.1, 0.15) is 11.5 Å². The quantitative estimate of drug-likeness (QED) is 0.702. The summed E-state index contributed by atoms with van der Waals surface area (Å²) in [6, 6.07) is 5.67. The third kappa shape index (κ3) is 3.65. The first-order valence-corrected chi connectivity index (χ1v) is 9.56. The number of imidazole rings is 1. The molecule has 144 valence electrons. The lowest BCUT2D eigenvalue weighted by Crippen LogP contribution is -2.39. The molecule has 28 heavy (non-hydrogen) atoms. The molecule has 7 nitrogen and oxygen atoms in total. The lowest BCUT2D eigenvalue weighted by Gasteiger charge is -2.32. The van der Waals surface area contributed by atoms with Gasteiger partial charge in [-0.2, -0.15) is 0 Å². The summed E-state index contributed by atoms with van der Waals surface area (Å²) >= 11 is 0. The second-order valence-corrected chi connectivity index (χ2v) is 7.39. The maximum Gasteiger partial charge on any atom is 0.255 e. The molecule has 1 aliphatic rings. The zero-order valence-corrected chi connectivity index (χ0v) is 16.5. The first-order valence-electron chi connectivity index (χ1n) is 9.56. The minimum atomic E-state index is 0.0224. The van der Waals surface area contributed by atoms with Gasteiger partial charge in [-0.15, -0.1) is 0 Å². The third-order valence-electron chi connectivity index (χ3n) is 5.15. The number of aryl methyl sites for hydroxylation is 3. The van der Waals surface area contributed by atoms with E-state index in [2.05, 4.69) is 15.0 Å². The molecule has 0 saturated carbocycles. The highest BCUT2D eigenvalue weighted by molar-refractivity contribution is 5.94. The number of piperidine rings is 1. The Labute approximate surface area is 164 Å². The lowest BCUT2D eigenvalue weighted by atomic mass is 9.96. The summed E-state index contributed by atoms with van der Waals surface area (Å²) in [4.78, 5) is 32.9. The molecule has 3 aromatic heterocycles. The molecule has 4 rings (SSSR count). The lowest BCUT2D eigenvalue weighted by molar-refractivity contribution is 0.0704. The van der Waals surface area contributed by atoms with Gasteiger partial charge in [-0.05, 0) is 44.9 Å². The number of aromatic nitrogens is 5. The molecule has 0 N–H and O–H groups in total. The Balaban J connectivity index is 1.58. The summed E-state index contributed by atoms with van der Waals surface area (Å²) in [7, 11) is 1.95. The van der Waals surface area contributed by atoms with E-state index in [-0.39, 0.29) is 11.8 Å². The largest absolute Gasteiger partial charge is 0.338 e. The molecule has 3 aromatic rings. The van der Waals surface area contributed by atoms with Gasteiger partial charge < -0.3 is 9.47 Å². The zero-order chi connectivity index (χ0) is 19.7. The van der Waals surface area contributed by atoms with Crippen molar-refractivity contribution < 1.29 is 4.79 Å². The van der Waals surface area contributed by atoms with E-state index in [9.17, 15) is 4.79 Å². The molecular formula is C21H24N6O. The molecule has 1 atom stereocenters. The van der Waals surface area contributed by atoms with E-state index < -0.39 is 0 Å². The van der Waals surface area contributed by atoms with Gasteiger partial charge in [-0.25, -0.2) is 15.0 Å². The summed E-state index contributed by atoms with van der Waals surface area (Å²) < 4.78 is 1.95. The predicted octanol–water partition coefficient (Wildman–Crippen LogP) is 2.91. The van der Waals surface area contributed by atoms with Crippen molar-refractivity contribution in [1.82, 2.24) is 29.4 Å². The van der Waals surface area contributed by atoms with Crippen LogP contribution in [0.2, 0.25) is 0 Å². The minimum Gasteiger partial charge on any atom is -0.338 e. The van der Waals surface area contributed by atoms with Crippen molar-refractivity contribution in [3.8, 4) is 11.5 Å². The Morgan fingerprint density at radius 2 is 2.00 bits per heavy atom. The zero-order valence-electron chi connectivity index (χ0n) is 16.5. The fourth-order valence-electron chi connectivity index (χ4n) is 3.65. The molecule has 0 aromatic carbocycles. The van der Waals surface area contributed by atoms with E-state index in [1.54, 1.807) is 12.4 Å². The average Bonchev–Trinajstić information content (AvgIpc) is 3.13. The predicted molar refractivity (Wildman–Crippen MR) is 106 cm³/mol. The van der Waals surface area contributed by atoms with Crippen LogP contribution < -0.4 is 0 Å². The van der Waals surface area contributed by atoms with Crippen molar-refractivity contribution in [3.05, 3.63) is 59.6 Å². The Morgan fingerprint density at radius 3 is 2.71 bits per heavy atom. The van der Waals surface area contributed by atoms with Crippen LogP contribution >= 0.6 is 0 Å². The summed E-state index contributed by atoms with van der Waals surface area (Å²) in [5, 5.41) is 0. The van der Waals surface area contributed by atoms with E-state index in [1.807, 2.05) is 54.8 Å². The van der Waals surface area contributed by atoms with E-state index in [0.717, 1.165) is 48.1 Å². The summed E-state index contributed by atoms with van der Waals surface area (Å²) in [6.07, 6.45) is 7.24. The maximum absolute atomic E-state index is 12.9. The van der Waals surface area contributed by atoms with Crippen LogP contribution in [-0.2, 0) is 7.05 Å². The van der Waals surface area contributed by atoms with Gasteiger partial charge in [0, 0.05) is 56.0 Å². The van der Waals surface area contributed by atoms with Crippen molar-refractivity contribution in [2.45, 2.75) is 32.6 Å². The summed E-state index contributed by atoms with van der Waals surface area (Å²) in [5.41, 5.74) is 3.27. The molecule has 7 heteroatoms. The molecule has 0 aliphatic carbocycles. The standard InChI is InChI=1S/C21H24N6O/c1-14-6-7-16(12-23-14)21(28)27-9-4-5-17(13-27)19-24-15(2)11-18(25-19)20-22-8-10-26(20)3/h6-8,10-12,17H,4-5,9,13H2,1-3H3/t17-/m0/s1. The Bertz CT molecular complexity index is 994. The van der Waals surface area contributed by atoms with Crippen LogP contribution in [0.25, 0.3) is 11.5 Å². The van der Waals surface area contributed by atoms with Crippen molar-refractivity contribution in [2.24, 2.45) is 7.05 Å². The van der Waals surface area contributed by atoms with E-state index in [4.69, 9.17) is 4.98 Å². The number of nitrogens with zero attached hydrogens (tertiary/aromatic N) is 6. The number of amides is 1.